The van der Waals surface area contributed by atoms with Gasteiger partial charge in [-0.2, -0.15) is 0 Å². The quantitative estimate of drug-likeness (QED) is 0.670. The Labute approximate surface area is 167 Å². The second-order valence-electron chi connectivity index (χ2n) is 7.08. The molecule has 3 aromatic rings. The van der Waals surface area contributed by atoms with E-state index < -0.39 is 0 Å². The van der Waals surface area contributed by atoms with E-state index in [1.54, 1.807) is 0 Å². The summed E-state index contributed by atoms with van der Waals surface area (Å²) in [5.41, 5.74) is 2.66. The van der Waals surface area contributed by atoms with Crippen molar-refractivity contribution in [2.75, 3.05) is 37.7 Å². The van der Waals surface area contributed by atoms with Crippen molar-refractivity contribution in [1.82, 2.24) is 5.32 Å². The Balaban J connectivity index is 1.64. The lowest BCUT2D eigenvalue weighted by molar-refractivity contribution is 0.0947. The van der Waals surface area contributed by atoms with Gasteiger partial charge in [-0.05, 0) is 21.9 Å². The van der Waals surface area contributed by atoms with Crippen molar-refractivity contribution < 1.29 is 9.53 Å². The molecule has 1 saturated heterocycles. The van der Waals surface area contributed by atoms with Gasteiger partial charge in [0.25, 0.3) is 5.91 Å². The average molecular weight is 389 g/mol. The molecule has 0 saturated carbocycles. The summed E-state index contributed by atoms with van der Waals surface area (Å²) in [6, 6.07) is 14.7. The minimum absolute atomic E-state index is 0.00699. The molecule has 1 aromatic heterocycles. The molecule has 1 N–H and O–H groups in total. The van der Waals surface area contributed by atoms with Crippen molar-refractivity contribution in [1.29, 1.82) is 0 Å². The Morgan fingerprint density at radius 1 is 1.14 bits per heavy atom. The molecule has 3 heterocycles. The maximum absolute atomic E-state index is 12.6. The lowest BCUT2D eigenvalue weighted by Gasteiger charge is -2.28. The smallest absolute Gasteiger partial charge is 0.260 e. The Bertz CT molecular complexity index is 1110. The molecule has 5 rings (SSSR count). The van der Waals surface area contributed by atoms with Crippen molar-refractivity contribution in [2.24, 2.45) is 0 Å². The lowest BCUT2D eigenvalue weighted by atomic mass is 9.87. The molecule has 6 heteroatoms. The number of anilines is 1. The summed E-state index contributed by atoms with van der Waals surface area (Å²) < 4.78 is 5.46. The first-order valence-corrected chi connectivity index (χ1v) is 10.2. The number of nitrogens with zero attached hydrogens (tertiary/aromatic N) is 2. The lowest BCUT2D eigenvalue weighted by Crippen LogP contribution is -2.35. The van der Waals surface area contributed by atoms with Crippen molar-refractivity contribution >= 4 is 38.7 Å². The zero-order valence-electron chi connectivity index (χ0n) is 15.3. The van der Waals surface area contributed by atoms with Crippen LogP contribution in [0.4, 0.5) is 10.7 Å². The first-order valence-electron chi connectivity index (χ1n) is 9.40. The van der Waals surface area contributed by atoms with E-state index in [1.807, 2.05) is 12.1 Å². The largest absolute Gasteiger partial charge is 0.378 e. The van der Waals surface area contributed by atoms with Crippen LogP contribution < -0.4 is 10.2 Å². The standard InChI is InChI=1S/C22H19N3O2S/c1-23-19-18-17(16-7-6-14-4-2-3-5-15(14)12-16)13-24-21(26)20(18)28-22(19)25-8-10-27-11-9-25/h2-7,12,17H,8-11,13H2,(H,24,26). The van der Waals surface area contributed by atoms with E-state index in [9.17, 15) is 4.79 Å². The maximum atomic E-state index is 12.6. The molecule has 1 atom stereocenters. The van der Waals surface area contributed by atoms with Gasteiger partial charge in [0.15, 0.2) is 0 Å². The molecule has 0 aliphatic carbocycles. The molecule has 0 spiro atoms. The molecule has 0 radical (unpaired) electrons. The third kappa shape index (κ3) is 2.75. The number of carbonyl (C=O) groups is 1. The molecule has 5 nitrogen and oxygen atoms in total. The van der Waals surface area contributed by atoms with E-state index in [0.29, 0.717) is 30.3 Å². The molecular formula is C22H19N3O2S. The number of rotatable bonds is 2. The van der Waals surface area contributed by atoms with Crippen LogP contribution in [-0.2, 0) is 4.74 Å². The molecule has 28 heavy (non-hydrogen) atoms. The number of thiophene rings is 1. The normalized spacial score (nSPS) is 19.2. The number of morpholine rings is 1. The highest BCUT2D eigenvalue weighted by molar-refractivity contribution is 7.19. The van der Waals surface area contributed by atoms with E-state index in [4.69, 9.17) is 11.3 Å². The first-order chi connectivity index (χ1) is 13.8. The van der Waals surface area contributed by atoms with Crippen molar-refractivity contribution in [3.05, 3.63) is 69.9 Å². The zero-order valence-corrected chi connectivity index (χ0v) is 16.1. The minimum atomic E-state index is -0.0681. The monoisotopic (exact) mass is 389 g/mol. The van der Waals surface area contributed by atoms with Gasteiger partial charge in [-0.25, -0.2) is 4.85 Å². The van der Waals surface area contributed by atoms with Gasteiger partial charge in [-0.3, -0.25) is 4.79 Å². The summed E-state index contributed by atoms with van der Waals surface area (Å²) in [7, 11) is 0. The summed E-state index contributed by atoms with van der Waals surface area (Å²) in [5, 5.41) is 6.30. The number of benzene rings is 2. The van der Waals surface area contributed by atoms with Crippen LogP contribution >= 0.6 is 11.3 Å². The van der Waals surface area contributed by atoms with Gasteiger partial charge in [0.05, 0.1) is 29.7 Å². The zero-order chi connectivity index (χ0) is 19.1. The molecule has 1 fully saturated rings. The predicted molar refractivity (Wildman–Crippen MR) is 112 cm³/mol. The molecule has 1 amide bonds. The van der Waals surface area contributed by atoms with Crippen molar-refractivity contribution in [3.8, 4) is 0 Å². The fourth-order valence-electron chi connectivity index (χ4n) is 4.09. The van der Waals surface area contributed by atoms with Gasteiger partial charge in [0.2, 0.25) is 5.69 Å². The average Bonchev–Trinajstić information content (AvgIpc) is 3.15. The number of amides is 1. The van der Waals surface area contributed by atoms with Crippen molar-refractivity contribution in [3.63, 3.8) is 0 Å². The Kier molecular flexibility index (Phi) is 4.27. The fraction of sp³-hybridized carbons (Fsp3) is 0.273. The third-order valence-corrected chi connectivity index (χ3v) is 6.76. The molecule has 2 aliphatic heterocycles. The fourth-order valence-corrected chi connectivity index (χ4v) is 5.36. The number of hydrogen-bond acceptors (Lipinski definition) is 4. The van der Waals surface area contributed by atoms with E-state index in [-0.39, 0.29) is 11.8 Å². The maximum Gasteiger partial charge on any atom is 0.260 e. The third-order valence-electron chi connectivity index (χ3n) is 5.51. The van der Waals surface area contributed by atoms with Gasteiger partial charge in [-0.15, -0.1) is 11.3 Å². The summed E-state index contributed by atoms with van der Waals surface area (Å²) in [6.45, 7) is 11.2. The van der Waals surface area contributed by atoms with Crippen LogP contribution in [0.1, 0.15) is 26.7 Å². The van der Waals surface area contributed by atoms with Crippen LogP contribution in [0.15, 0.2) is 42.5 Å². The van der Waals surface area contributed by atoms with E-state index in [1.165, 1.54) is 22.1 Å². The second-order valence-corrected chi connectivity index (χ2v) is 8.08. The summed E-state index contributed by atoms with van der Waals surface area (Å²) in [6.07, 6.45) is 0. The highest BCUT2D eigenvalue weighted by Crippen LogP contribution is 2.49. The van der Waals surface area contributed by atoms with E-state index in [0.717, 1.165) is 29.2 Å². The van der Waals surface area contributed by atoms with Crippen LogP contribution in [0, 0.1) is 6.57 Å². The molecule has 0 bridgehead atoms. The van der Waals surface area contributed by atoms with Crippen LogP contribution in [0.25, 0.3) is 15.6 Å². The SMILES string of the molecule is [C-]#[N+]c1c(N2CCOCC2)sc2c1C(c1ccc3ccccc3c1)CNC2=O. The Morgan fingerprint density at radius 3 is 2.71 bits per heavy atom. The van der Waals surface area contributed by atoms with E-state index >= 15 is 0 Å². The number of hydrogen-bond donors (Lipinski definition) is 1. The first kappa shape index (κ1) is 17.2. The topological polar surface area (TPSA) is 45.9 Å². The predicted octanol–water partition coefficient (Wildman–Crippen LogP) is 4.16. The number of ether oxygens (including phenoxy) is 1. The van der Waals surface area contributed by atoms with Gasteiger partial charge in [-0.1, -0.05) is 42.5 Å². The number of fused-ring (bicyclic) bond motifs is 2. The van der Waals surface area contributed by atoms with Crippen LogP contribution in [-0.4, -0.2) is 38.8 Å². The highest BCUT2D eigenvalue weighted by Gasteiger charge is 2.35. The molecule has 2 aromatic carbocycles. The molecule has 140 valence electrons. The van der Waals surface area contributed by atoms with Gasteiger partial charge < -0.3 is 15.0 Å². The molecule has 2 aliphatic rings. The van der Waals surface area contributed by atoms with Gasteiger partial charge in [0, 0.05) is 25.6 Å². The van der Waals surface area contributed by atoms with Gasteiger partial charge >= 0.3 is 0 Å². The number of carbonyl (C=O) groups excluding carboxylic acids is 1. The Hall–Kier alpha value is -2.88. The Morgan fingerprint density at radius 2 is 1.93 bits per heavy atom. The second kappa shape index (κ2) is 6.93. The molecule has 1 unspecified atom stereocenters. The van der Waals surface area contributed by atoms with Crippen LogP contribution in [0.3, 0.4) is 0 Å². The van der Waals surface area contributed by atoms with Crippen LogP contribution in [0.5, 0.6) is 0 Å². The minimum Gasteiger partial charge on any atom is -0.378 e. The van der Waals surface area contributed by atoms with E-state index in [2.05, 4.69) is 45.4 Å². The van der Waals surface area contributed by atoms with Crippen molar-refractivity contribution in [2.45, 2.75) is 5.92 Å². The molecular weight excluding hydrogens is 370 g/mol. The van der Waals surface area contributed by atoms with Crippen LogP contribution in [0.2, 0.25) is 0 Å². The highest BCUT2D eigenvalue weighted by atomic mass is 32.1. The summed E-state index contributed by atoms with van der Waals surface area (Å²) >= 11 is 1.45. The number of nitrogens with one attached hydrogen (secondary N) is 1. The summed E-state index contributed by atoms with van der Waals surface area (Å²) in [5.74, 6) is -0.0751. The van der Waals surface area contributed by atoms with Gasteiger partial charge in [0.1, 0.15) is 0 Å². The summed E-state index contributed by atoms with van der Waals surface area (Å²) in [4.78, 5) is 19.3.